The smallest absolute Gasteiger partial charge is 0.132 e. The van der Waals surface area contributed by atoms with E-state index in [1.54, 1.807) is 12.1 Å². The van der Waals surface area contributed by atoms with Crippen LogP contribution in [0.4, 0.5) is 4.39 Å². The molecule has 0 spiro atoms. The first-order chi connectivity index (χ1) is 8.70. The highest BCUT2D eigenvalue weighted by Crippen LogP contribution is 2.20. The lowest BCUT2D eigenvalue weighted by Gasteiger charge is -2.29. The molecule has 1 aliphatic rings. The van der Waals surface area contributed by atoms with Crippen molar-refractivity contribution in [2.45, 2.75) is 26.1 Å². The Morgan fingerprint density at radius 3 is 2.94 bits per heavy atom. The highest BCUT2D eigenvalue weighted by molar-refractivity contribution is 5.28. The molecule has 2 atom stereocenters. The average molecular weight is 253 g/mol. The van der Waals surface area contributed by atoms with Gasteiger partial charge in [0.25, 0.3) is 0 Å². The van der Waals surface area contributed by atoms with Gasteiger partial charge in [-0.3, -0.25) is 0 Å². The fourth-order valence-corrected chi connectivity index (χ4v) is 2.15. The maximum absolute atomic E-state index is 13.7. The number of benzene rings is 1. The quantitative estimate of drug-likeness (QED) is 0.893. The van der Waals surface area contributed by atoms with E-state index in [-0.39, 0.29) is 11.9 Å². The Bertz CT molecular complexity index is 397. The van der Waals surface area contributed by atoms with Gasteiger partial charge < -0.3 is 14.8 Å². The van der Waals surface area contributed by atoms with Gasteiger partial charge in [-0.1, -0.05) is 13.0 Å². The summed E-state index contributed by atoms with van der Waals surface area (Å²) in [6, 6.07) is 4.86. The summed E-state index contributed by atoms with van der Waals surface area (Å²) >= 11 is 0. The van der Waals surface area contributed by atoms with E-state index in [1.807, 2.05) is 0 Å². The van der Waals surface area contributed by atoms with Crippen LogP contribution in [0.2, 0.25) is 0 Å². The highest BCUT2D eigenvalue weighted by atomic mass is 19.1. The van der Waals surface area contributed by atoms with Crippen LogP contribution < -0.4 is 10.1 Å². The fraction of sp³-hybridized carbons (Fsp3) is 0.571. The largest absolute Gasteiger partial charge is 0.497 e. The molecule has 1 fully saturated rings. The SMILES string of the molecule is COc1ccc(COC2CNCCC2C)c(F)c1. The number of halogens is 1. The molecule has 100 valence electrons. The van der Waals surface area contributed by atoms with Crippen LogP contribution in [0, 0.1) is 11.7 Å². The van der Waals surface area contributed by atoms with Gasteiger partial charge in [-0.25, -0.2) is 4.39 Å². The molecule has 0 aromatic heterocycles. The summed E-state index contributed by atoms with van der Waals surface area (Å²) in [5, 5.41) is 3.30. The molecule has 1 saturated heterocycles. The Labute approximate surface area is 107 Å². The number of ether oxygens (including phenoxy) is 2. The molecular formula is C14H20FNO2. The summed E-state index contributed by atoms with van der Waals surface area (Å²) in [5.41, 5.74) is 0.577. The van der Waals surface area contributed by atoms with E-state index >= 15 is 0 Å². The van der Waals surface area contributed by atoms with Crippen molar-refractivity contribution in [2.24, 2.45) is 5.92 Å². The number of nitrogens with one attached hydrogen (secondary N) is 1. The van der Waals surface area contributed by atoms with Gasteiger partial charge >= 0.3 is 0 Å². The molecular weight excluding hydrogens is 233 g/mol. The van der Waals surface area contributed by atoms with Gasteiger partial charge in [0.1, 0.15) is 11.6 Å². The molecule has 1 aromatic carbocycles. The summed E-state index contributed by atoms with van der Waals surface area (Å²) < 4.78 is 24.5. The Balaban J connectivity index is 1.93. The third-order valence-electron chi connectivity index (χ3n) is 3.47. The van der Waals surface area contributed by atoms with E-state index in [0.717, 1.165) is 19.5 Å². The second kappa shape index (κ2) is 6.16. The summed E-state index contributed by atoms with van der Waals surface area (Å²) in [6.07, 6.45) is 1.27. The van der Waals surface area contributed by atoms with Crippen LogP contribution in [-0.4, -0.2) is 26.3 Å². The molecule has 0 bridgehead atoms. The topological polar surface area (TPSA) is 30.5 Å². The lowest BCUT2D eigenvalue weighted by atomic mass is 9.97. The van der Waals surface area contributed by atoms with Crippen LogP contribution in [0.3, 0.4) is 0 Å². The molecule has 1 aliphatic heterocycles. The van der Waals surface area contributed by atoms with Gasteiger partial charge in [-0.2, -0.15) is 0 Å². The summed E-state index contributed by atoms with van der Waals surface area (Å²) in [5.74, 6) is 0.780. The van der Waals surface area contributed by atoms with Crippen LogP contribution in [0.15, 0.2) is 18.2 Å². The predicted octanol–water partition coefficient (Wildman–Crippen LogP) is 2.35. The molecule has 18 heavy (non-hydrogen) atoms. The molecule has 0 radical (unpaired) electrons. The van der Waals surface area contributed by atoms with Crippen LogP contribution in [0.25, 0.3) is 0 Å². The molecule has 1 heterocycles. The van der Waals surface area contributed by atoms with Gasteiger partial charge in [0.2, 0.25) is 0 Å². The molecule has 1 aromatic rings. The lowest BCUT2D eigenvalue weighted by Crippen LogP contribution is -2.40. The van der Waals surface area contributed by atoms with Crippen molar-refractivity contribution in [2.75, 3.05) is 20.2 Å². The summed E-state index contributed by atoms with van der Waals surface area (Å²) in [6.45, 7) is 4.37. The number of piperidine rings is 1. The summed E-state index contributed by atoms with van der Waals surface area (Å²) in [7, 11) is 1.53. The second-order valence-corrected chi connectivity index (χ2v) is 4.78. The van der Waals surface area contributed by atoms with Crippen LogP contribution in [0.1, 0.15) is 18.9 Å². The predicted molar refractivity (Wildman–Crippen MR) is 68.2 cm³/mol. The first-order valence-electron chi connectivity index (χ1n) is 6.35. The number of hydrogen-bond acceptors (Lipinski definition) is 3. The average Bonchev–Trinajstić information content (AvgIpc) is 2.39. The minimum Gasteiger partial charge on any atom is -0.497 e. The Morgan fingerprint density at radius 1 is 1.44 bits per heavy atom. The maximum atomic E-state index is 13.7. The van der Waals surface area contributed by atoms with Crippen molar-refractivity contribution in [1.82, 2.24) is 5.32 Å². The van der Waals surface area contributed by atoms with E-state index < -0.39 is 0 Å². The van der Waals surface area contributed by atoms with Gasteiger partial charge in [-0.15, -0.1) is 0 Å². The standard InChI is InChI=1S/C14H20FNO2/c1-10-5-6-16-8-14(10)18-9-11-3-4-12(17-2)7-13(11)15/h3-4,7,10,14,16H,5-6,8-9H2,1-2H3. The van der Waals surface area contributed by atoms with Crippen molar-refractivity contribution in [3.8, 4) is 5.75 Å². The zero-order valence-electron chi connectivity index (χ0n) is 10.9. The van der Waals surface area contributed by atoms with Crippen LogP contribution >= 0.6 is 0 Å². The van der Waals surface area contributed by atoms with Crippen LogP contribution in [0.5, 0.6) is 5.75 Å². The highest BCUT2D eigenvalue weighted by Gasteiger charge is 2.21. The first-order valence-corrected chi connectivity index (χ1v) is 6.35. The number of methoxy groups -OCH3 is 1. The van der Waals surface area contributed by atoms with E-state index in [4.69, 9.17) is 9.47 Å². The van der Waals surface area contributed by atoms with Crippen molar-refractivity contribution >= 4 is 0 Å². The molecule has 4 heteroatoms. The van der Waals surface area contributed by atoms with E-state index in [0.29, 0.717) is 23.8 Å². The third-order valence-corrected chi connectivity index (χ3v) is 3.47. The van der Waals surface area contributed by atoms with E-state index in [9.17, 15) is 4.39 Å². The molecule has 2 unspecified atom stereocenters. The first kappa shape index (κ1) is 13.3. The molecule has 1 N–H and O–H groups in total. The number of hydrogen-bond donors (Lipinski definition) is 1. The van der Waals surface area contributed by atoms with Gasteiger partial charge in [0.15, 0.2) is 0 Å². The van der Waals surface area contributed by atoms with Crippen LogP contribution in [-0.2, 0) is 11.3 Å². The molecule has 0 amide bonds. The molecule has 2 rings (SSSR count). The Kier molecular flexibility index (Phi) is 4.55. The molecule has 0 aliphatic carbocycles. The zero-order chi connectivity index (χ0) is 13.0. The lowest BCUT2D eigenvalue weighted by molar-refractivity contribution is -0.00767. The van der Waals surface area contributed by atoms with E-state index in [2.05, 4.69) is 12.2 Å². The van der Waals surface area contributed by atoms with Crippen molar-refractivity contribution in [1.29, 1.82) is 0 Å². The number of rotatable bonds is 4. The normalized spacial score (nSPS) is 23.9. The third kappa shape index (κ3) is 3.21. The van der Waals surface area contributed by atoms with Gasteiger partial charge in [0.05, 0.1) is 19.8 Å². The van der Waals surface area contributed by atoms with Crippen molar-refractivity contribution in [3.05, 3.63) is 29.6 Å². The zero-order valence-corrected chi connectivity index (χ0v) is 10.9. The second-order valence-electron chi connectivity index (χ2n) is 4.78. The minimum absolute atomic E-state index is 0.167. The van der Waals surface area contributed by atoms with E-state index in [1.165, 1.54) is 13.2 Å². The van der Waals surface area contributed by atoms with Crippen molar-refractivity contribution in [3.63, 3.8) is 0 Å². The Hall–Kier alpha value is -1.13. The maximum Gasteiger partial charge on any atom is 0.132 e. The Morgan fingerprint density at radius 2 is 2.28 bits per heavy atom. The van der Waals surface area contributed by atoms with Gasteiger partial charge in [0, 0.05) is 18.2 Å². The van der Waals surface area contributed by atoms with Crippen molar-refractivity contribution < 1.29 is 13.9 Å². The molecule has 0 saturated carbocycles. The summed E-state index contributed by atoms with van der Waals surface area (Å²) in [4.78, 5) is 0. The minimum atomic E-state index is -0.272. The molecule has 3 nitrogen and oxygen atoms in total. The fourth-order valence-electron chi connectivity index (χ4n) is 2.15. The monoisotopic (exact) mass is 253 g/mol. The van der Waals surface area contributed by atoms with Gasteiger partial charge in [-0.05, 0) is 24.9 Å².